The van der Waals surface area contributed by atoms with Gasteiger partial charge in [0.05, 0.1) is 6.61 Å². The van der Waals surface area contributed by atoms with Crippen molar-refractivity contribution in [2.75, 3.05) is 6.61 Å². The molecule has 27 heavy (non-hydrogen) atoms. The Kier molecular flexibility index (Phi) is 9.73. The molecule has 0 aromatic heterocycles. The highest BCUT2D eigenvalue weighted by atomic mass is 16.5. The largest absolute Gasteiger partial charge is 0.394 e. The van der Waals surface area contributed by atoms with Crippen LogP contribution in [0, 0.1) is 6.10 Å². The molecule has 4 N–H and O–H groups in total. The zero-order valence-corrected chi connectivity index (χ0v) is 16.4. The Morgan fingerprint density at radius 1 is 0.852 bits per heavy atom. The molecule has 1 aromatic carbocycles. The number of unbranched alkanes of at least 4 members (excludes halogenated alkanes) is 7. The van der Waals surface area contributed by atoms with Gasteiger partial charge in [-0.25, -0.2) is 0 Å². The van der Waals surface area contributed by atoms with Crippen molar-refractivity contribution in [2.24, 2.45) is 0 Å². The summed E-state index contributed by atoms with van der Waals surface area (Å²) in [6.07, 6.45) is 6.15. The molecule has 0 amide bonds. The van der Waals surface area contributed by atoms with Gasteiger partial charge in [0.1, 0.15) is 24.4 Å². The van der Waals surface area contributed by atoms with E-state index in [2.05, 4.69) is 6.92 Å². The van der Waals surface area contributed by atoms with E-state index in [9.17, 15) is 20.4 Å². The highest BCUT2D eigenvalue weighted by Gasteiger charge is 2.45. The summed E-state index contributed by atoms with van der Waals surface area (Å²) in [6.45, 7) is 1.81. The molecule has 0 unspecified atom stereocenters. The lowest BCUT2D eigenvalue weighted by molar-refractivity contribution is -0.184. The van der Waals surface area contributed by atoms with Crippen LogP contribution in [0.2, 0.25) is 0 Å². The molecule has 1 aliphatic rings. The monoisotopic (exact) mass is 379 g/mol. The summed E-state index contributed by atoms with van der Waals surface area (Å²) in [5.74, 6) is 0. The summed E-state index contributed by atoms with van der Waals surface area (Å²) >= 11 is 0. The van der Waals surface area contributed by atoms with Crippen LogP contribution in [0.15, 0.2) is 24.3 Å². The highest BCUT2D eigenvalue weighted by Crippen LogP contribution is 2.33. The lowest BCUT2D eigenvalue weighted by Gasteiger charge is -2.40. The summed E-state index contributed by atoms with van der Waals surface area (Å²) in [4.78, 5) is 0. The van der Waals surface area contributed by atoms with Crippen molar-refractivity contribution in [3.8, 4) is 0 Å². The molecule has 0 bridgehead atoms. The van der Waals surface area contributed by atoms with Gasteiger partial charge in [0, 0.05) is 0 Å². The minimum Gasteiger partial charge on any atom is -0.394 e. The van der Waals surface area contributed by atoms with E-state index in [-0.39, 0.29) is 6.10 Å². The van der Waals surface area contributed by atoms with Gasteiger partial charge in [-0.1, -0.05) is 76.1 Å². The van der Waals surface area contributed by atoms with Crippen LogP contribution >= 0.6 is 0 Å². The minimum atomic E-state index is -1.37. The molecule has 1 aromatic rings. The maximum Gasteiger partial charge on any atom is 0.158 e. The Morgan fingerprint density at radius 3 is 2.15 bits per heavy atom. The fourth-order valence-corrected chi connectivity index (χ4v) is 3.66. The Labute approximate surface area is 163 Å². The summed E-state index contributed by atoms with van der Waals surface area (Å²) in [5, 5.41) is 39.7. The van der Waals surface area contributed by atoms with Crippen LogP contribution in [-0.4, -0.2) is 51.4 Å². The van der Waals surface area contributed by atoms with E-state index < -0.39 is 31.0 Å². The summed E-state index contributed by atoms with van der Waals surface area (Å²) in [5.41, 5.74) is 1.80. The zero-order chi connectivity index (χ0) is 19.6. The lowest BCUT2D eigenvalue weighted by Crippen LogP contribution is -2.55. The van der Waals surface area contributed by atoms with Crippen LogP contribution in [0.3, 0.4) is 0 Å². The predicted octanol–water partition coefficient (Wildman–Crippen LogP) is 2.72. The van der Waals surface area contributed by atoms with Gasteiger partial charge in [-0.15, -0.1) is 0 Å². The van der Waals surface area contributed by atoms with Crippen molar-refractivity contribution in [3.63, 3.8) is 0 Å². The summed E-state index contributed by atoms with van der Waals surface area (Å²) in [7, 11) is 0. The topological polar surface area (TPSA) is 90.2 Å². The van der Waals surface area contributed by atoms with Crippen LogP contribution in [0.4, 0.5) is 0 Å². The molecule has 5 heteroatoms. The third kappa shape index (κ3) is 6.26. The Balaban J connectivity index is 1.91. The van der Waals surface area contributed by atoms with Crippen molar-refractivity contribution in [3.05, 3.63) is 41.5 Å². The first-order chi connectivity index (χ1) is 13.1. The van der Waals surface area contributed by atoms with Gasteiger partial charge in [-0.05, 0) is 24.0 Å². The molecule has 5 nitrogen and oxygen atoms in total. The number of rotatable bonds is 11. The van der Waals surface area contributed by atoms with Crippen LogP contribution in [0.5, 0.6) is 0 Å². The van der Waals surface area contributed by atoms with Crippen LogP contribution in [-0.2, 0) is 11.2 Å². The van der Waals surface area contributed by atoms with Crippen molar-refractivity contribution in [1.29, 1.82) is 0 Å². The molecule has 0 saturated carbocycles. The number of ether oxygens (including phenoxy) is 1. The maximum atomic E-state index is 10.4. The third-order valence-electron chi connectivity index (χ3n) is 5.36. The number of hydrogen-bond donors (Lipinski definition) is 4. The normalized spacial score (nSPS) is 26.4. The molecule has 4 atom stereocenters. The van der Waals surface area contributed by atoms with E-state index in [4.69, 9.17) is 4.74 Å². The van der Waals surface area contributed by atoms with Gasteiger partial charge < -0.3 is 25.2 Å². The predicted molar refractivity (Wildman–Crippen MR) is 105 cm³/mol. The fourth-order valence-electron chi connectivity index (χ4n) is 3.66. The van der Waals surface area contributed by atoms with Gasteiger partial charge in [0.2, 0.25) is 0 Å². The molecule has 1 saturated heterocycles. The molecule has 1 radical (unpaired) electrons. The van der Waals surface area contributed by atoms with Crippen LogP contribution in [0.1, 0.15) is 69.4 Å². The SMILES string of the molecule is CCCCCCCCCCc1ccccc1[C]1O[C@H](CO)[C@@H](O)[C@H](O)[C@@H]1O. The van der Waals surface area contributed by atoms with E-state index in [1.165, 1.54) is 44.9 Å². The Bertz CT molecular complexity index is 533. The average Bonchev–Trinajstić information content (AvgIpc) is 2.69. The Hall–Kier alpha value is -0.980. The smallest absolute Gasteiger partial charge is 0.158 e. The minimum absolute atomic E-state index is 0.238. The third-order valence-corrected chi connectivity index (χ3v) is 5.36. The van der Waals surface area contributed by atoms with Crippen LogP contribution in [0.25, 0.3) is 0 Å². The van der Waals surface area contributed by atoms with Crippen molar-refractivity contribution >= 4 is 0 Å². The highest BCUT2D eigenvalue weighted by molar-refractivity contribution is 5.39. The Morgan fingerprint density at radius 2 is 1.48 bits per heavy atom. The fraction of sp³-hybridized carbons (Fsp3) is 0.682. The van der Waals surface area contributed by atoms with E-state index in [1.807, 2.05) is 24.3 Å². The van der Waals surface area contributed by atoms with Crippen molar-refractivity contribution in [1.82, 2.24) is 0 Å². The number of aryl methyl sites for hydroxylation is 1. The first kappa shape index (κ1) is 22.3. The molecule has 1 heterocycles. The lowest BCUT2D eigenvalue weighted by atomic mass is 9.88. The molecule has 153 valence electrons. The molecule has 1 aliphatic heterocycles. The average molecular weight is 380 g/mol. The molecule has 0 aliphatic carbocycles. The quantitative estimate of drug-likeness (QED) is 0.444. The standard InChI is InChI=1S/C22H35O5/c1-2-3-4-5-6-7-8-9-12-16-13-10-11-14-17(16)22-21(26)20(25)19(24)18(15-23)27-22/h10-11,13-14,18-21,23-26H,2-9,12,15H2,1H3/t18-,19-,20+,21+/m1/s1. The zero-order valence-electron chi connectivity index (χ0n) is 16.4. The second-order valence-corrected chi connectivity index (χ2v) is 7.51. The first-order valence-corrected chi connectivity index (χ1v) is 10.4. The molecule has 1 fully saturated rings. The number of benzene rings is 1. The molecule has 0 spiro atoms. The van der Waals surface area contributed by atoms with Gasteiger partial charge in [-0.2, -0.15) is 0 Å². The maximum absolute atomic E-state index is 10.4. The summed E-state index contributed by atoms with van der Waals surface area (Å²) in [6, 6.07) is 7.68. The number of aliphatic hydroxyl groups excluding tert-OH is 4. The first-order valence-electron chi connectivity index (χ1n) is 10.4. The van der Waals surface area contributed by atoms with Gasteiger partial charge >= 0.3 is 0 Å². The van der Waals surface area contributed by atoms with Gasteiger partial charge in [0.15, 0.2) is 6.10 Å². The van der Waals surface area contributed by atoms with E-state index in [1.54, 1.807) is 0 Å². The second kappa shape index (κ2) is 11.8. The van der Waals surface area contributed by atoms with Crippen LogP contribution < -0.4 is 0 Å². The van der Waals surface area contributed by atoms with E-state index in [0.29, 0.717) is 0 Å². The van der Waals surface area contributed by atoms with Crippen molar-refractivity contribution in [2.45, 2.75) is 89.1 Å². The van der Waals surface area contributed by atoms with Gasteiger partial charge in [-0.3, -0.25) is 0 Å². The van der Waals surface area contributed by atoms with E-state index >= 15 is 0 Å². The molecular weight excluding hydrogens is 344 g/mol. The van der Waals surface area contributed by atoms with E-state index in [0.717, 1.165) is 24.0 Å². The summed E-state index contributed by atoms with van der Waals surface area (Å²) < 4.78 is 5.65. The molecular formula is C22H35O5. The van der Waals surface area contributed by atoms with Crippen molar-refractivity contribution < 1.29 is 25.2 Å². The second-order valence-electron chi connectivity index (χ2n) is 7.51. The van der Waals surface area contributed by atoms with Gasteiger partial charge in [0.25, 0.3) is 0 Å². The number of hydrogen-bond acceptors (Lipinski definition) is 5. The molecule has 2 rings (SSSR count). The number of aliphatic hydroxyl groups is 4.